The summed E-state index contributed by atoms with van der Waals surface area (Å²) in [7, 11) is -2.39. The van der Waals surface area contributed by atoms with Crippen LogP contribution in [0.5, 0.6) is 5.75 Å². The van der Waals surface area contributed by atoms with Crippen LogP contribution in [0.15, 0.2) is 47.4 Å². The van der Waals surface area contributed by atoms with Gasteiger partial charge in [0.15, 0.2) is 0 Å². The van der Waals surface area contributed by atoms with Crippen LogP contribution in [-0.2, 0) is 30.8 Å². The molecule has 0 radical (unpaired) electrons. The van der Waals surface area contributed by atoms with Crippen molar-refractivity contribution in [2.45, 2.75) is 30.9 Å². The highest BCUT2D eigenvalue weighted by atomic mass is 32.2. The number of methoxy groups -OCH3 is 1. The molecule has 1 atom stereocenters. The fourth-order valence-electron chi connectivity index (χ4n) is 3.56. The minimum atomic E-state index is -3.90. The van der Waals surface area contributed by atoms with Crippen LogP contribution in [0, 0.1) is 12.7 Å². The number of amides is 2. The maximum atomic E-state index is 13.2. The molecule has 1 fully saturated rings. The van der Waals surface area contributed by atoms with Crippen molar-refractivity contribution in [2.75, 3.05) is 33.4 Å². The predicted octanol–water partition coefficient (Wildman–Crippen LogP) is 1.35. The maximum Gasteiger partial charge on any atom is 0.309 e. The van der Waals surface area contributed by atoms with Gasteiger partial charge in [0.2, 0.25) is 10.0 Å². The lowest BCUT2D eigenvalue weighted by molar-refractivity contribution is -0.140. The first-order valence-electron chi connectivity index (χ1n) is 10.8. The van der Waals surface area contributed by atoms with Crippen LogP contribution in [-0.4, -0.2) is 64.1 Å². The molecule has 0 unspecified atom stereocenters. The molecule has 1 saturated heterocycles. The third-order valence-corrected chi connectivity index (χ3v) is 7.27. The maximum absolute atomic E-state index is 13.2. The van der Waals surface area contributed by atoms with Gasteiger partial charge in [0.05, 0.1) is 25.2 Å². The molecule has 0 aromatic heterocycles. The number of carbonyl (C=O) groups is 2. The summed E-state index contributed by atoms with van der Waals surface area (Å²) in [4.78, 5) is 24.4. The van der Waals surface area contributed by atoms with Gasteiger partial charge in [-0.2, -0.15) is 4.31 Å². The van der Waals surface area contributed by atoms with Gasteiger partial charge in [-0.25, -0.2) is 12.8 Å². The Morgan fingerprint density at radius 2 is 1.85 bits per heavy atom. The van der Waals surface area contributed by atoms with E-state index in [1.165, 1.54) is 35.7 Å². The first-order chi connectivity index (χ1) is 16.2. The van der Waals surface area contributed by atoms with E-state index in [9.17, 15) is 22.4 Å². The molecule has 1 aliphatic rings. The SMILES string of the molecule is COc1ccc(S(=O)(=O)N2CCCO[C@H]2CNC(=O)C(=O)NCCc2ccc(F)cc2)cc1C. The number of hydrogen-bond acceptors (Lipinski definition) is 6. The largest absolute Gasteiger partial charge is 0.496 e. The van der Waals surface area contributed by atoms with Gasteiger partial charge < -0.3 is 20.1 Å². The van der Waals surface area contributed by atoms with E-state index in [-0.39, 0.29) is 30.3 Å². The summed E-state index contributed by atoms with van der Waals surface area (Å²) in [6, 6.07) is 10.4. The molecule has 1 heterocycles. The topological polar surface area (TPSA) is 114 Å². The number of nitrogens with zero attached hydrogens (tertiary/aromatic N) is 1. The van der Waals surface area contributed by atoms with Crippen molar-refractivity contribution < 1.29 is 31.9 Å². The highest BCUT2D eigenvalue weighted by molar-refractivity contribution is 7.89. The Labute approximate surface area is 198 Å². The van der Waals surface area contributed by atoms with Gasteiger partial charge >= 0.3 is 11.8 Å². The van der Waals surface area contributed by atoms with E-state index in [1.54, 1.807) is 25.1 Å². The fourth-order valence-corrected chi connectivity index (χ4v) is 5.21. The summed E-state index contributed by atoms with van der Waals surface area (Å²) in [6.07, 6.45) is -0.0155. The van der Waals surface area contributed by atoms with Crippen LogP contribution in [0.1, 0.15) is 17.5 Å². The molecule has 3 rings (SSSR count). The van der Waals surface area contributed by atoms with Crippen LogP contribution in [0.3, 0.4) is 0 Å². The number of halogens is 1. The number of benzene rings is 2. The molecule has 2 amide bonds. The second-order valence-corrected chi connectivity index (χ2v) is 9.66. The predicted molar refractivity (Wildman–Crippen MR) is 122 cm³/mol. The Morgan fingerprint density at radius 3 is 2.53 bits per heavy atom. The van der Waals surface area contributed by atoms with Crippen molar-refractivity contribution in [2.24, 2.45) is 0 Å². The van der Waals surface area contributed by atoms with Crippen molar-refractivity contribution in [1.29, 1.82) is 0 Å². The summed E-state index contributed by atoms with van der Waals surface area (Å²) in [5.74, 6) is -1.53. The monoisotopic (exact) mass is 493 g/mol. The second-order valence-electron chi connectivity index (χ2n) is 7.77. The Balaban J connectivity index is 1.56. The molecule has 2 aromatic carbocycles. The lowest BCUT2D eigenvalue weighted by Gasteiger charge is -2.34. The fraction of sp³-hybridized carbons (Fsp3) is 0.391. The summed E-state index contributed by atoms with van der Waals surface area (Å²) in [5.41, 5.74) is 1.48. The summed E-state index contributed by atoms with van der Waals surface area (Å²) in [6.45, 7) is 2.31. The van der Waals surface area contributed by atoms with Crippen molar-refractivity contribution >= 4 is 21.8 Å². The molecular weight excluding hydrogens is 465 g/mol. The Hall–Kier alpha value is -3.02. The first-order valence-corrected chi connectivity index (χ1v) is 12.2. The molecule has 2 N–H and O–H groups in total. The Morgan fingerprint density at radius 1 is 1.15 bits per heavy atom. The zero-order valence-corrected chi connectivity index (χ0v) is 19.9. The third kappa shape index (κ3) is 6.31. The molecule has 0 spiro atoms. The third-order valence-electron chi connectivity index (χ3n) is 5.38. The molecule has 2 aromatic rings. The van der Waals surface area contributed by atoms with Crippen LogP contribution in [0.25, 0.3) is 0 Å². The molecule has 9 nitrogen and oxygen atoms in total. The highest BCUT2D eigenvalue weighted by Gasteiger charge is 2.35. The highest BCUT2D eigenvalue weighted by Crippen LogP contribution is 2.26. The summed E-state index contributed by atoms with van der Waals surface area (Å²) < 4.78 is 51.4. The van der Waals surface area contributed by atoms with E-state index >= 15 is 0 Å². The average molecular weight is 494 g/mol. The van der Waals surface area contributed by atoms with E-state index in [4.69, 9.17) is 9.47 Å². The van der Waals surface area contributed by atoms with Crippen molar-refractivity contribution in [3.63, 3.8) is 0 Å². The first kappa shape index (κ1) is 25.6. The number of ether oxygens (including phenoxy) is 2. The van der Waals surface area contributed by atoms with Crippen molar-refractivity contribution in [1.82, 2.24) is 14.9 Å². The number of sulfonamides is 1. The Bertz CT molecular complexity index is 1120. The molecule has 0 bridgehead atoms. The van der Waals surface area contributed by atoms with Crippen LogP contribution in [0.2, 0.25) is 0 Å². The second kappa shape index (κ2) is 11.4. The molecule has 1 aliphatic heterocycles. The van der Waals surface area contributed by atoms with Crippen LogP contribution < -0.4 is 15.4 Å². The van der Waals surface area contributed by atoms with E-state index < -0.39 is 28.1 Å². The molecule has 0 aliphatic carbocycles. The van der Waals surface area contributed by atoms with Gasteiger partial charge in [0.25, 0.3) is 0 Å². The lowest BCUT2D eigenvalue weighted by Crippen LogP contribution is -2.53. The van der Waals surface area contributed by atoms with E-state index in [1.807, 2.05) is 0 Å². The normalized spacial score (nSPS) is 16.6. The molecule has 184 valence electrons. The van der Waals surface area contributed by atoms with Gasteiger partial charge in [-0.15, -0.1) is 0 Å². The summed E-state index contributed by atoms with van der Waals surface area (Å²) >= 11 is 0. The van der Waals surface area contributed by atoms with Gasteiger partial charge in [-0.05, 0) is 61.2 Å². The number of nitrogens with one attached hydrogen (secondary N) is 2. The molecule has 34 heavy (non-hydrogen) atoms. The van der Waals surface area contributed by atoms with Gasteiger partial charge in [0.1, 0.15) is 17.8 Å². The molecular formula is C23H28FN3O6S. The van der Waals surface area contributed by atoms with Crippen molar-refractivity contribution in [3.05, 3.63) is 59.4 Å². The van der Waals surface area contributed by atoms with Crippen LogP contribution >= 0.6 is 0 Å². The minimum Gasteiger partial charge on any atom is -0.496 e. The number of rotatable bonds is 8. The van der Waals surface area contributed by atoms with Gasteiger partial charge in [-0.1, -0.05) is 12.1 Å². The van der Waals surface area contributed by atoms with E-state index in [2.05, 4.69) is 10.6 Å². The minimum absolute atomic E-state index is 0.0890. The van der Waals surface area contributed by atoms with Gasteiger partial charge in [0, 0.05) is 13.1 Å². The number of carbonyl (C=O) groups excluding carboxylic acids is 2. The standard InChI is InChI=1S/C23H28FN3O6S/c1-16-14-19(8-9-20(16)32-2)34(30,31)27-12-3-13-33-21(27)15-26-23(29)22(28)25-11-10-17-4-6-18(24)7-5-17/h4-9,14,21H,3,10-13,15H2,1-2H3,(H,25,28)(H,26,29)/t21-/m0/s1. The average Bonchev–Trinajstić information content (AvgIpc) is 2.83. The quantitative estimate of drug-likeness (QED) is 0.537. The lowest BCUT2D eigenvalue weighted by atomic mass is 10.1. The zero-order valence-electron chi connectivity index (χ0n) is 19.0. The Kier molecular flexibility index (Phi) is 8.59. The number of aryl methyl sites for hydroxylation is 1. The van der Waals surface area contributed by atoms with Gasteiger partial charge in [-0.3, -0.25) is 9.59 Å². The molecule has 11 heteroatoms. The van der Waals surface area contributed by atoms with E-state index in [0.29, 0.717) is 30.8 Å². The summed E-state index contributed by atoms with van der Waals surface area (Å²) in [5, 5.41) is 4.93. The van der Waals surface area contributed by atoms with Crippen molar-refractivity contribution in [3.8, 4) is 5.75 Å². The number of hydrogen-bond donors (Lipinski definition) is 2. The van der Waals surface area contributed by atoms with Crippen LogP contribution in [0.4, 0.5) is 4.39 Å². The van der Waals surface area contributed by atoms with E-state index in [0.717, 1.165) is 5.56 Å². The zero-order chi connectivity index (χ0) is 24.7. The molecule has 0 saturated carbocycles. The smallest absolute Gasteiger partial charge is 0.309 e.